The third kappa shape index (κ3) is 2.81. The number of aromatic nitrogens is 1. The fraction of sp³-hybridized carbons (Fsp3) is 0.250. The van der Waals surface area contributed by atoms with Gasteiger partial charge in [-0.05, 0) is 37.3 Å². The second kappa shape index (κ2) is 6.44. The van der Waals surface area contributed by atoms with Gasteiger partial charge in [-0.1, -0.05) is 12.1 Å². The molecule has 4 rings (SSSR count). The number of hydrogen-bond acceptors (Lipinski definition) is 2. The largest absolute Gasteiger partial charge is 0.366 e. The van der Waals surface area contributed by atoms with Crippen molar-refractivity contribution in [3.8, 4) is 0 Å². The van der Waals surface area contributed by atoms with E-state index in [9.17, 15) is 13.6 Å². The number of carbonyl (C=O) groups is 1. The molecule has 1 aliphatic heterocycles. The van der Waals surface area contributed by atoms with E-state index >= 15 is 0 Å². The number of para-hydroxylation sites is 1. The van der Waals surface area contributed by atoms with Crippen molar-refractivity contribution in [1.29, 1.82) is 0 Å². The van der Waals surface area contributed by atoms with E-state index in [4.69, 9.17) is 0 Å². The van der Waals surface area contributed by atoms with Crippen LogP contribution in [0, 0.1) is 18.6 Å². The van der Waals surface area contributed by atoms with Crippen LogP contribution < -0.4 is 4.90 Å². The van der Waals surface area contributed by atoms with Gasteiger partial charge in [0.05, 0.1) is 11.3 Å². The SMILES string of the molecule is Cc1[nH]c2ccc(F)cc2c1C(=O)N1CCN(c2ccccc2F)CC1. The molecule has 2 aromatic carbocycles. The van der Waals surface area contributed by atoms with E-state index in [1.54, 1.807) is 29.2 Å². The molecule has 2 heterocycles. The fourth-order valence-electron chi connectivity index (χ4n) is 3.59. The second-order valence-electron chi connectivity index (χ2n) is 6.55. The molecule has 0 aliphatic carbocycles. The predicted octanol–water partition coefficient (Wildman–Crippen LogP) is 3.72. The number of benzene rings is 2. The highest BCUT2D eigenvalue weighted by atomic mass is 19.1. The monoisotopic (exact) mass is 355 g/mol. The van der Waals surface area contributed by atoms with Crippen molar-refractivity contribution >= 4 is 22.5 Å². The third-order valence-electron chi connectivity index (χ3n) is 4.92. The molecule has 0 radical (unpaired) electrons. The predicted molar refractivity (Wildman–Crippen MR) is 97.5 cm³/mol. The Hall–Kier alpha value is -2.89. The molecule has 1 aliphatic rings. The Labute approximate surface area is 150 Å². The molecule has 6 heteroatoms. The first kappa shape index (κ1) is 16.6. The summed E-state index contributed by atoms with van der Waals surface area (Å²) in [4.78, 5) is 19.8. The van der Waals surface area contributed by atoms with Gasteiger partial charge in [-0.15, -0.1) is 0 Å². The Bertz CT molecular complexity index is 974. The Kier molecular flexibility index (Phi) is 4.11. The van der Waals surface area contributed by atoms with E-state index in [0.717, 1.165) is 11.2 Å². The van der Waals surface area contributed by atoms with Crippen LogP contribution in [0.15, 0.2) is 42.5 Å². The van der Waals surface area contributed by atoms with Crippen molar-refractivity contribution in [2.45, 2.75) is 6.92 Å². The zero-order valence-corrected chi connectivity index (χ0v) is 14.4. The summed E-state index contributed by atoms with van der Waals surface area (Å²) < 4.78 is 27.6. The van der Waals surface area contributed by atoms with Crippen LogP contribution in [0.25, 0.3) is 10.9 Å². The van der Waals surface area contributed by atoms with Crippen molar-refractivity contribution in [2.24, 2.45) is 0 Å². The molecule has 0 unspecified atom stereocenters. The summed E-state index contributed by atoms with van der Waals surface area (Å²) in [5.41, 5.74) is 2.55. The van der Waals surface area contributed by atoms with Gasteiger partial charge in [0, 0.05) is 42.8 Å². The molecule has 0 atom stereocenters. The average molecular weight is 355 g/mol. The maximum atomic E-state index is 14.0. The summed E-state index contributed by atoms with van der Waals surface area (Å²) in [6, 6.07) is 11.1. The number of hydrogen-bond donors (Lipinski definition) is 1. The lowest BCUT2D eigenvalue weighted by Gasteiger charge is -2.36. The number of piperazine rings is 1. The number of rotatable bonds is 2. The minimum Gasteiger partial charge on any atom is -0.366 e. The van der Waals surface area contributed by atoms with Crippen molar-refractivity contribution in [1.82, 2.24) is 9.88 Å². The molecule has 134 valence electrons. The van der Waals surface area contributed by atoms with E-state index in [-0.39, 0.29) is 17.5 Å². The number of amides is 1. The molecular formula is C20H19F2N3O. The van der Waals surface area contributed by atoms with E-state index in [2.05, 4.69) is 4.98 Å². The normalized spacial score (nSPS) is 14.9. The summed E-state index contributed by atoms with van der Waals surface area (Å²) in [6.07, 6.45) is 0. The van der Waals surface area contributed by atoms with Gasteiger partial charge in [-0.3, -0.25) is 4.79 Å². The van der Waals surface area contributed by atoms with Crippen LogP contribution >= 0.6 is 0 Å². The van der Waals surface area contributed by atoms with Crippen LogP contribution in [-0.2, 0) is 0 Å². The minimum atomic E-state index is -0.366. The number of halogens is 2. The van der Waals surface area contributed by atoms with Crippen LogP contribution in [0.3, 0.4) is 0 Å². The maximum Gasteiger partial charge on any atom is 0.256 e. The summed E-state index contributed by atoms with van der Waals surface area (Å²) in [6.45, 7) is 3.93. The van der Waals surface area contributed by atoms with Crippen molar-refractivity contribution in [3.05, 3.63) is 65.4 Å². The average Bonchev–Trinajstić information content (AvgIpc) is 2.97. The second-order valence-corrected chi connectivity index (χ2v) is 6.55. The number of anilines is 1. The topological polar surface area (TPSA) is 39.3 Å². The van der Waals surface area contributed by atoms with Crippen LogP contribution in [-0.4, -0.2) is 42.0 Å². The van der Waals surface area contributed by atoms with Crippen LogP contribution in [0.5, 0.6) is 0 Å². The lowest BCUT2D eigenvalue weighted by molar-refractivity contribution is 0.0748. The fourth-order valence-corrected chi connectivity index (χ4v) is 3.59. The smallest absolute Gasteiger partial charge is 0.256 e. The zero-order chi connectivity index (χ0) is 18.3. The highest BCUT2D eigenvalue weighted by Crippen LogP contribution is 2.26. The van der Waals surface area contributed by atoms with Crippen LogP contribution in [0.1, 0.15) is 16.1 Å². The summed E-state index contributed by atoms with van der Waals surface area (Å²) in [5.74, 6) is -0.738. The molecule has 4 nitrogen and oxygen atoms in total. The number of aromatic amines is 1. The highest BCUT2D eigenvalue weighted by molar-refractivity contribution is 6.08. The summed E-state index contributed by atoms with van der Waals surface area (Å²) >= 11 is 0. The van der Waals surface area contributed by atoms with Crippen molar-refractivity contribution in [3.63, 3.8) is 0 Å². The third-order valence-corrected chi connectivity index (χ3v) is 4.92. The summed E-state index contributed by atoms with van der Waals surface area (Å²) in [7, 11) is 0. The maximum absolute atomic E-state index is 14.0. The Morgan fingerprint density at radius 1 is 1.04 bits per heavy atom. The molecule has 1 N–H and O–H groups in total. The molecule has 1 aromatic heterocycles. The highest BCUT2D eigenvalue weighted by Gasteiger charge is 2.26. The van der Waals surface area contributed by atoms with Gasteiger partial charge in [0.25, 0.3) is 5.91 Å². The quantitative estimate of drug-likeness (QED) is 0.761. The first-order valence-electron chi connectivity index (χ1n) is 8.61. The molecule has 0 bridgehead atoms. The standard InChI is InChI=1S/C20H19F2N3O/c1-13-19(15-12-14(21)6-7-17(15)23-13)20(26)25-10-8-24(9-11-25)18-5-3-2-4-16(18)22/h2-7,12,23H,8-11H2,1H3. The molecule has 3 aromatic rings. The molecule has 1 fully saturated rings. The Morgan fingerprint density at radius 2 is 1.77 bits per heavy atom. The van der Waals surface area contributed by atoms with Crippen molar-refractivity contribution in [2.75, 3.05) is 31.1 Å². The number of aryl methyl sites for hydroxylation is 1. The Morgan fingerprint density at radius 3 is 2.50 bits per heavy atom. The number of nitrogens with zero attached hydrogens (tertiary/aromatic N) is 2. The van der Waals surface area contributed by atoms with E-state index < -0.39 is 0 Å². The van der Waals surface area contributed by atoms with Gasteiger partial charge in [0.2, 0.25) is 0 Å². The molecular weight excluding hydrogens is 336 g/mol. The number of fused-ring (bicyclic) bond motifs is 1. The van der Waals surface area contributed by atoms with Gasteiger partial charge < -0.3 is 14.8 Å². The van der Waals surface area contributed by atoms with Gasteiger partial charge in [-0.25, -0.2) is 8.78 Å². The molecule has 26 heavy (non-hydrogen) atoms. The minimum absolute atomic E-state index is 0.118. The molecule has 1 saturated heterocycles. The van der Waals surface area contributed by atoms with E-state index in [1.165, 1.54) is 18.2 Å². The van der Waals surface area contributed by atoms with Crippen LogP contribution in [0.2, 0.25) is 0 Å². The number of H-pyrrole nitrogens is 1. The van der Waals surface area contributed by atoms with E-state index in [0.29, 0.717) is 42.8 Å². The van der Waals surface area contributed by atoms with Crippen LogP contribution in [0.4, 0.5) is 14.5 Å². The van der Waals surface area contributed by atoms with Gasteiger partial charge >= 0.3 is 0 Å². The number of carbonyl (C=O) groups excluding carboxylic acids is 1. The van der Waals surface area contributed by atoms with Gasteiger partial charge in [-0.2, -0.15) is 0 Å². The Balaban J connectivity index is 1.55. The van der Waals surface area contributed by atoms with Crippen molar-refractivity contribution < 1.29 is 13.6 Å². The van der Waals surface area contributed by atoms with Gasteiger partial charge in [0.15, 0.2) is 0 Å². The summed E-state index contributed by atoms with van der Waals surface area (Å²) in [5, 5.41) is 0.601. The first-order valence-corrected chi connectivity index (χ1v) is 8.61. The van der Waals surface area contributed by atoms with Gasteiger partial charge in [0.1, 0.15) is 11.6 Å². The molecule has 1 amide bonds. The molecule has 0 spiro atoms. The first-order chi connectivity index (χ1) is 12.5. The number of nitrogens with one attached hydrogen (secondary N) is 1. The molecule has 0 saturated carbocycles. The lowest BCUT2D eigenvalue weighted by Crippen LogP contribution is -2.49. The zero-order valence-electron chi connectivity index (χ0n) is 14.4. The lowest BCUT2D eigenvalue weighted by atomic mass is 10.1. The van der Waals surface area contributed by atoms with E-state index in [1.807, 2.05) is 11.8 Å².